The summed E-state index contributed by atoms with van der Waals surface area (Å²) in [6, 6.07) is 6.57. The van der Waals surface area contributed by atoms with Crippen molar-refractivity contribution < 1.29 is 9.13 Å². The van der Waals surface area contributed by atoms with Crippen LogP contribution in [0.1, 0.15) is 18.2 Å². The topological polar surface area (TPSA) is 47.0 Å². The highest BCUT2D eigenvalue weighted by Crippen LogP contribution is 2.09. The number of ether oxygens (including phenoxy) is 1. The van der Waals surface area contributed by atoms with E-state index in [1.807, 2.05) is 6.92 Å². The van der Waals surface area contributed by atoms with Crippen LogP contribution in [-0.4, -0.2) is 16.5 Å². The van der Waals surface area contributed by atoms with Crippen molar-refractivity contribution in [2.45, 2.75) is 20.1 Å². The lowest BCUT2D eigenvalue weighted by Gasteiger charge is -2.06. The molecule has 2 aromatic rings. The maximum absolute atomic E-state index is 13.3. The summed E-state index contributed by atoms with van der Waals surface area (Å²) in [7, 11) is 0. The Balaban J connectivity index is 1.84. The van der Waals surface area contributed by atoms with E-state index in [0.29, 0.717) is 12.2 Å². The summed E-state index contributed by atoms with van der Waals surface area (Å²) in [4.78, 5) is 8.39. The quantitative estimate of drug-likeness (QED) is 0.868. The van der Waals surface area contributed by atoms with Gasteiger partial charge >= 0.3 is 0 Å². The summed E-state index contributed by atoms with van der Waals surface area (Å²) in [5, 5.41) is 3.06. The average molecular weight is 261 g/mol. The molecule has 0 atom stereocenters. The highest BCUT2D eigenvalue weighted by atomic mass is 19.1. The van der Waals surface area contributed by atoms with Crippen LogP contribution < -0.4 is 5.32 Å². The molecule has 5 heteroatoms. The van der Waals surface area contributed by atoms with Crippen molar-refractivity contribution >= 4 is 5.82 Å². The molecule has 0 saturated carbocycles. The van der Waals surface area contributed by atoms with Gasteiger partial charge in [0.05, 0.1) is 31.3 Å². The first-order valence-corrected chi connectivity index (χ1v) is 6.15. The van der Waals surface area contributed by atoms with Gasteiger partial charge in [-0.3, -0.25) is 4.98 Å². The lowest BCUT2D eigenvalue weighted by Crippen LogP contribution is -2.02. The molecule has 100 valence electrons. The number of hydrogen-bond donors (Lipinski definition) is 1. The maximum Gasteiger partial charge on any atom is 0.144 e. The second-order valence-electron chi connectivity index (χ2n) is 4.01. The number of nitrogens with one attached hydrogen (secondary N) is 1. The van der Waals surface area contributed by atoms with Gasteiger partial charge in [0, 0.05) is 12.1 Å². The van der Waals surface area contributed by atoms with Gasteiger partial charge in [0.25, 0.3) is 0 Å². The summed E-state index contributed by atoms with van der Waals surface area (Å²) >= 11 is 0. The Morgan fingerprint density at radius 2 is 2.00 bits per heavy atom. The van der Waals surface area contributed by atoms with Crippen LogP contribution in [0.3, 0.4) is 0 Å². The molecule has 19 heavy (non-hydrogen) atoms. The Hall–Kier alpha value is -2.01. The molecule has 0 fully saturated rings. The SMILES string of the molecule is CCNc1cnc(COCc2ccccc2F)cn1. The molecule has 1 heterocycles. The largest absolute Gasteiger partial charge is 0.370 e. The van der Waals surface area contributed by atoms with E-state index in [1.54, 1.807) is 30.6 Å². The van der Waals surface area contributed by atoms with Gasteiger partial charge in [-0.2, -0.15) is 0 Å². The Morgan fingerprint density at radius 3 is 2.68 bits per heavy atom. The molecule has 0 aliphatic rings. The van der Waals surface area contributed by atoms with Crippen LogP contribution in [0.2, 0.25) is 0 Å². The molecule has 0 radical (unpaired) electrons. The maximum atomic E-state index is 13.3. The molecule has 0 bridgehead atoms. The molecular formula is C14H16FN3O. The fraction of sp³-hybridized carbons (Fsp3) is 0.286. The molecule has 1 aromatic heterocycles. The average Bonchev–Trinajstić information content (AvgIpc) is 2.43. The number of benzene rings is 1. The second kappa shape index (κ2) is 6.80. The molecular weight excluding hydrogens is 245 g/mol. The zero-order valence-electron chi connectivity index (χ0n) is 10.8. The van der Waals surface area contributed by atoms with E-state index in [1.165, 1.54) is 6.07 Å². The second-order valence-corrected chi connectivity index (χ2v) is 4.01. The highest BCUT2D eigenvalue weighted by molar-refractivity contribution is 5.30. The standard InChI is InChI=1S/C14H16FN3O/c1-2-16-14-8-17-12(7-18-14)10-19-9-11-5-3-4-6-13(11)15/h3-8H,2,9-10H2,1H3,(H,16,18). The van der Waals surface area contributed by atoms with E-state index in [0.717, 1.165) is 18.1 Å². The van der Waals surface area contributed by atoms with Gasteiger partial charge in [0.1, 0.15) is 11.6 Å². The van der Waals surface area contributed by atoms with E-state index in [9.17, 15) is 4.39 Å². The zero-order chi connectivity index (χ0) is 13.5. The smallest absolute Gasteiger partial charge is 0.144 e. The molecule has 0 unspecified atom stereocenters. The summed E-state index contributed by atoms with van der Waals surface area (Å²) in [5.74, 6) is 0.483. The Morgan fingerprint density at radius 1 is 1.16 bits per heavy atom. The third kappa shape index (κ3) is 3.99. The molecule has 0 aliphatic heterocycles. The molecule has 4 nitrogen and oxygen atoms in total. The zero-order valence-corrected chi connectivity index (χ0v) is 10.8. The molecule has 1 aromatic carbocycles. The summed E-state index contributed by atoms with van der Waals surface area (Å²) in [6.07, 6.45) is 3.31. The number of rotatable bonds is 6. The van der Waals surface area contributed by atoms with Gasteiger partial charge in [0.2, 0.25) is 0 Å². The predicted octanol–water partition coefficient (Wildman–Crippen LogP) is 2.76. The number of anilines is 1. The molecule has 0 aliphatic carbocycles. The fourth-order valence-electron chi connectivity index (χ4n) is 1.58. The lowest BCUT2D eigenvalue weighted by atomic mass is 10.2. The van der Waals surface area contributed by atoms with Crippen molar-refractivity contribution in [2.75, 3.05) is 11.9 Å². The number of nitrogens with zero attached hydrogens (tertiary/aromatic N) is 2. The predicted molar refractivity (Wildman–Crippen MR) is 71.1 cm³/mol. The fourth-order valence-corrected chi connectivity index (χ4v) is 1.58. The van der Waals surface area contributed by atoms with Gasteiger partial charge in [-0.15, -0.1) is 0 Å². The van der Waals surface area contributed by atoms with E-state index in [-0.39, 0.29) is 12.4 Å². The Kier molecular flexibility index (Phi) is 4.80. The van der Waals surface area contributed by atoms with E-state index in [4.69, 9.17) is 4.74 Å². The summed E-state index contributed by atoms with van der Waals surface area (Å²) in [6.45, 7) is 3.34. The number of aromatic nitrogens is 2. The van der Waals surface area contributed by atoms with Gasteiger partial charge in [0.15, 0.2) is 0 Å². The highest BCUT2D eigenvalue weighted by Gasteiger charge is 2.02. The van der Waals surface area contributed by atoms with E-state index in [2.05, 4.69) is 15.3 Å². The van der Waals surface area contributed by atoms with Crippen molar-refractivity contribution in [1.82, 2.24) is 9.97 Å². The van der Waals surface area contributed by atoms with Gasteiger partial charge in [-0.1, -0.05) is 18.2 Å². The Bertz CT molecular complexity index is 516. The van der Waals surface area contributed by atoms with Gasteiger partial charge in [-0.05, 0) is 13.0 Å². The lowest BCUT2D eigenvalue weighted by molar-refractivity contribution is 0.102. The van der Waals surface area contributed by atoms with Gasteiger partial charge < -0.3 is 10.1 Å². The summed E-state index contributed by atoms with van der Waals surface area (Å²) < 4.78 is 18.8. The van der Waals surface area contributed by atoms with Crippen molar-refractivity contribution in [3.05, 3.63) is 53.7 Å². The first-order chi connectivity index (χ1) is 9.29. The van der Waals surface area contributed by atoms with Crippen LogP contribution in [0.25, 0.3) is 0 Å². The molecule has 0 saturated heterocycles. The van der Waals surface area contributed by atoms with Crippen molar-refractivity contribution in [1.29, 1.82) is 0 Å². The van der Waals surface area contributed by atoms with Crippen molar-refractivity contribution in [3.63, 3.8) is 0 Å². The van der Waals surface area contributed by atoms with Crippen molar-refractivity contribution in [2.24, 2.45) is 0 Å². The molecule has 0 spiro atoms. The first-order valence-electron chi connectivity index (χ1n) is 6.15. The minimum absolute atomic E-state index is 0.226. The Labute approximate surface area is 111 Å². The van der Waals surface area contributed by atoms with Crippen LogP contribution in [0, 0.1) is 5.82 Å². The molecule has 0 amide bonds. The van der Waals surface area contributed by atoms with Crippen molar-refractivity contribution in [3.8, 4) is 0 Å². The summed E-state index contributed by atoms with van der Waals surface area (Å²) in [5.41, 5.74) is 1.26. The van der Waals surface area contributed by atoms with Gasteiger partial charge in [-0.25, -0.2) is 9.37 Å². The van der Waals surface area contributed by atoms with E-state index < -0.39 is 0 Å². The van der Waals surface area contributed by atoms with E-state index >= 15 is 0 Å². The van der Waals surface area contributed by atoms with Crippen LogP contribution in [0.15, 0.2) is 36.7 Å². The normalized spacial score (nSPS) is 10.4. The monoisotopic (exact) mass is 261 g/mol. The first kappa shape index (κ1) is 13.4. The third-order valence-electron chi connectivity index (χ3n) is 2.53. The minimum atomic E-state index is -0.254. The van der Waals surface area contributed by atoms with Crippen LogP contribution in [-0.2, 0) is 18.0 Å². The van der Waals surface area contributed by atoms with Crippen LogP contribution in [0.5, 0.6) is 0 Å². The molecule has 1 N–H and O–H groups in total. The van der Waals surface area contributed by atoms with Crippen LogP contribution >= 0.6 is 0 Å². The third-order valence-corrected chi connectivity index (χ3v) is 2.53. The minimum Gasteiger partial charge on any atom is -0.370 e. The number of hydrogen-bond acceptors (Lipinski definition) is 4. The van der Waals surface area contributed by atoms with Crippen LogP contribution in [0.4, 0.5) is 10.2 Å². The number of halogens is 1. The molecule has 2 rings (SSSR count).